The van der Waals surface area contributed by atoms with Gasteiger partial charge in [-0.3, -0.25) is 14.2 Å². The topological polar surface area (TPSA) is 61.2 Å². The second kappa shape index (κ2) is 7.17. The zero-order valence-corrected chi connectivity index (χ0v) is 15.4. The number of thiophene rings is 1. The lowest BCUT2D eigenvalue weighted by atomic mass is 10.1. The summed E-state index contributed by atoms with van der Waals surface area (Å²) in [6.07, 6.45) is 1.44. The average molecular weight is 376 g/mol. The summed E-state index contributed by atoms with van der Waals surface area (Å²) in [4.78, 5) is 30.5. The summed E-state index contributed by atoms with van der Waals surface area (Å²) in [5.74, 6) is 0.658. The summed E-state index contributed by atoms with van der Waals surface area (Å²) in [7, 11) is 1.62. The predicted molar refractivity (Wildman–Crippen MR) is 107 cm³/mol. The number of hydrogen-bond donors (Lipinski definition) is 0. The number of benzene rings is 2. The molecule has 0 spiro atoms. The Morgan fingerprint density at radius 2 is 1.85 bits per heavy atom. The van der Waals surface area contributed by atoms with Crippen LogP contribution in [-0.4, -0.2) is 22.4 Å². The molecule has 2 heterocycles. The van der Waals surface area contributed by atoms with E-state index >= 15 is 0 Å². The molecule has 4 aromatic rings. The average Bonchev–Trinajstić information content (AvgIpc) is 3.16. The molecule has 27 heavy (non-hydrogen) atoms. The highest BCUT2D eigenvalue weighted by Crippen LogP contribution is 2.31. The van der Waals surface area contributed by atoms with Gasteiger partial charge in [-0.1, -0.05) is 30.3 Å². The number of Topliss-reactive ketones (excluding diaryl/α,β-unsaturated/α-hetero) is 1. The molecular formula is C21H16N2O3S. The highest BCUT2D eigenvalue weighted by atomic mass is 32.1. The molecule has 0 bridgehead atoms. The van der Waals surface area contributed by atoms with Crippen molar-refractivity contribution in [2.45, 2.75) is 6.54 Å². The monoisotopic (exact) mass is 376 g/mol. The van der Waals surface area contributed by atoms with Crippen molar-refractivity contribution < 1.29 is 9.53 Å². The molecule has 0 unspecified atom stereocenters. The largest absolute Gasteiger partial charge is 0.497 e. The Labute approximate surface area is 159 Å². The minimum atomic E-state index is -0.200. The van der Waals surface area contributed by atoms with Crippen molar-refractivity contribution in [2.24, 2.45) is 0 Å². The van der Waals surface area contributed by atoms with E-state index in [0.717, 1.165) is 16.2 Å². The van der Waals surface area contributed by atoms with Gasteiger partial charge in [-0.2, -0.15) is 0 Å². The van der Waals surface area contributed by atoms with E-state index in [2.05, 4.69) is 4.98 Å². The van der Waals surface area contributed by atoms with Crippen molar-refractivity contribution in [3.63, 3.8) is 0 Å². The van der Waals surface area contributed by atoms with Crippen LogP contribution in [0, 0.1) is 0 Å². The smallest absolute Gasteiger partial charge is 0.271 e. The van der Waals surface area contributed by atoms with Crippen molar-refractivity contribution in [1.29, 1.82) is 0 Å². The van der Waals surface area contributed by atoms with Crippen LogP contribution in [0.1, 0.15) is 10.4 Å². The maximum absolute atomic E-state index is 12.8. The van der Waals surface area contributed by atoms with Gasteiger partial charge in [0, 0.05) is 10.4 Å². The van der Waals surface area contributed by atoms with Gasteiger partial charge in [0.25, 0.3) is 5.56 Å². The van der Waals surface area contributed by atoms with E-state index in [1.807, 2.05) is 36.4 Å². The van der Waals surface area contributed by atoms with Crippen molar-refractivity contribution in [1.82, 2.24) is 9.55 Å². The van der Waals surface area contributed by atoms with Gasteiger partial charge in [0.15, 0.2) is 5.78 Å². The van der Waals surface area contributed by atoms with Crippen LogP contribution in [-0.2, 0) is 6.54 Å². The number of carbonyl (C=O) groups excluding carboxylic acids is 1. The van der Waals surface area contributed by atoms with Gasteiger partial charge < -0.3 is 4.74 Å². The highest BCUT2D eigenvalue weighted by Gasteiger charge is 2.13. The van der Waals surface area contributed by atoms with Crippen molar-refractivity contribution in [3.05, 3.63) is 82.9 Å². The van der Waals surface area contributed by atoms with E-state index in [9.17, 15) is 9.59 Å². The second-order valence-corrected chi connectivity index (χ2v) is 7.07. The Bertz CT molecular complexity index is 1160. The fourth-order valence-corrected chi connectivity index (χ4v) is 3.89. The lowest BCUT2D eigenvalue weighted by Crippen LogP contribution is -2.24. The van der Waals surface area contributed by atoms with E-state index in [-0.39, 0.29) is 17.9 Å². The Morgan fingerprint density at radius 1 is 1.11 bits per heavy atom. The molecule has 0 amide bonds. The fourth-order valence-electron chi connectivity index (χ4n) is 2.83. The third-order valence-electron chi connectivity index (χ3n) is 4.29. The third kappa shape index (κ3) is 3.39. The molecule has 0 aliphatic carbocycles. The van der Waals surface area contributed by atoms with E-state index in [1.54, 1.807) is 31.4 Å². The summed E-state index contributed by atoms with van der Waals surface area (Å²) >= 11 is 1.38. The standard InChI is InChI=1S/C21H16N2O3S/c1-26-16-9-7-15(8-10-16)19-11-17-20(27-19)21(25)23(13-22-17)12-18(24)14-5-3-2-4-6-14/h2-11,13H,12H2,1H3. The van der Waals surface area contributed by atoms with E-state index < -0.39 is 0 Å². The van der Waals surface area contributed by atoms with Crippen LogP contribution in [0.3, 0.4) is 0 Å². The Kier molecular flexibility index (Phi) is 4.56. The zero-order chi connectivity index (χ0) is 18.8. The molecule has 5 nitrogen and oxygen atoms in total. The van der Waals surface area contributed by atoms with E-state index in [4.69, 9.17) is 4.74 Å². The van der Waals surface area contributed by atoms with Crippen molar-refractivity contribution in [2.75, 3.05) is 7.11 Å². The quantitative estimate of drug-likeness (QED) is 0.494. The van der Waals surface area contributed by atoms with Crippen LogP contribution >= 0.6 is 11.3 Å². The normalized spacial score (nSPS) is 10.9. The van der Waals surface area contributed by atoms with Crippen LogP contribution in [0.4, 0.5) is 0 Å². The molecule has 0 saturated heterocycles. The minimum Gasteiger partial charge on any atom is -0.497 e. The Morgan fingerprint density at radius 3 is 2.56 bits per heavy atom. The number of rotatable bonds is 5. The molecule has 0 atom stereocenters. The van der Waals surface area contributed by atoms with Crippen LogP contribution in [0.25, 0.3) is 20.7 Å². The molecule has 0 radical (unpaired) electrons. The summed E-state index contributed by atoms with van der Waals surface area (Å²) in [6.45, 7) is -0.0262. The van der Waals surface area contributed by atoms with E-state index in [0.29, 0.717) is 15.8 Å². The van der Waals surface area contributed by atoms with Gasteiger partial charge in [-0.25, -0.2) is 4.98 Å². The molecule has 134 valence electrons. The fraction of sp³-hybridized carbons (Fsp3) is 0.0952. The summed E-state index contributed by atoms with van der Waals surface area (Å²) < 4.78 is 7.09. The van der Waals surface area contributed by atoms with E-state index in [1.165, 1.54) is 22.2 Å². The predicted octanol–water partition coefficient (Wildman–Crippen LogP) is 4.02. The van der Waals surface area contributed by atoms with Crippen LogP contribution < -0.4 is 10.3 Å². The number of ether oxygens (including phenoxy) is 1. The van der Waals surface area contributed by atoms with Crippen LogP contribution in [0.5, 0.6) is 5.75 Å². The van der Waals surface area contributed by atoms with Gasteiger partial charge in [-0.15, -0.1) is 11.3 Å². The number of ketones is 1. The lowest BCUT2D eigenvalue weighted by Gasteiger charge is -2.04. The minimum absolute atomic E-state index is 0.0262. The summed E-state index contributed by atoms with van der Waals surface area (Å²) in [5, 5.41) is 0. The van der Waals surface area contributed by atoms with Gasteiger partial charge in [0.05, 0.1) is 25.5 Å². The van der Waals surface area contributed by atoms with Gasteiger partial charge in [0.1, 0.15) is 10.4 Å². The Hall–Kier alpha value is -3.25. The number of carbonyl (C=O) groups is 1. The molecule has 2 aromatic carbocycles. The maximum atomic E-state index is 12.8. The first-order valence-electron chi connectivity index (χ1n) is 8.37. The number of aromatic nitrogens is 2. The summed E-state index contributed by atoms with van der Waals surface area (Å²) in [5.41, 5.74) is 2.01. The first-order valence-corrected chi connectivity index (χ1v) is 9.19. The summed E-state index contributed by atoms with van der Waals surface area (Å²) in [6, 6.07) is 18.5. The molecule has 0 aliphatic rings. The number of nitrogens with zero attached hydrogens (tertiary/aromatic N) is 2. The zero-order valence-electron chi connectivity index (χ0n) is 14.6. The SMILES string of the molecule is COc1ccc(-c2cc3ncn(CC(=O)c4ccccc4)c(=O)c3s2)cc1. The molecule has 0 N–H and O–H groups in total. The number of methoxy groups -OCH3 is 1. The van der Waals surface area contributed by atoms with Gasteiger partial charge in [0.2, 0.25) is 0 Å². The number of hydrogen-bond acceptors (Lipinski definition) is 5. The molecule has 2 aromatic heterocycles. The molecular weight excluding hydrogens is 360 g/mol. The molecule has 0 aliphatic heterocycles. The molecule has 0 fully saturated rings. The van der Waals surface area contributed by atoms with Gasteiger partial charge >= 0.3 is 0 Å². The van der Waals surface area contributed by atoms with Crippen LogP contribution in [0.2, 0.25) is 0 Å². The number of fused-ring (bicyclic) bond motifs is 1. The second-order valence-electron chi connectivity index (χ2n) is 6.02. The molecule has 0 saturated carbocycles. The van der Waals surface area contributed by atoms with Crippen LogP contribution in [0.15, 0.2) is 71.8 Å². The van der Waals surface area contributed by atoms with Gasteiger partial charge in [-0.05, 0) is 35.9 Å². The Balaban J connectivity index is 1.67. The third-order valence-corrected chi connectivity index (χ3v) is 5.45. The molecule has 4 rings (SSSR count). The van der Waals surface area contributed by atoms with Crippen molar-refractivity contribution >= 4 is 27.3 Å². The maximum Gasteiger partial charge on any atom is 0.271 e. The lowest BCUT2D eigenvalue weighted by molar-refractivity contribution is 0.0970. The molecule has 6 heteroatoms. The first-order chi connectivity index (χ1) is 13.2. The van der Waals surface area contributed by atoms with Crippen molar-refractivity contribution in [3.8, 4) is 16.2 Å². The first kappa shape index (κ1) is 17.2. The highest BCUT2D eigenvalue weighted by molar-refractivity contribution is 7.22.